The molecule has 2 rings (SSSR count). The molecule has 0 aliphatic carbocycles. The van der Waals surface area contributed by atoms with Crippen molar-refractivity contribution in [3.8, 4) is 0 Å². The third-order valence-electron chi connectivity index (χ3n) is 2.21. The molecule has 0 aromatic heterocycles. The molecule has 0 unspecified atom stereocenters. The van der Waals surface area contributed by atoms with E-state index in [2.05, 4.69) is 10.3 Å². The molecular weight excluding hydrogens is 202 g/mol. The van der Waals surface area contributed by atoms with Crippen molar-refractivity contribution < 1.29 is 4.79 Å². The fraction of sp³-hybridized carbons (Fsp3) is 0.167. The van der Waals surface area contributed by atoms with Gasteiger partial charge in [0.1, 0.15) is 5.70 Å². The lowest BCUT2D eigenvalue weighted by Crippen LogP contribution is -2.35. The van der Waals surface area contributed by atoms with E-state index >= 15 is 0 Å². The second kappa shape index (κ2) is 4.18. The molecular formula is C12H13N3O. The molecule has 1 aliphatic rings. The monoisotopic (exact) mass is 215 g/mol. The van der Waals surface area contributed by atoms with Crippen LogP contribution in [0.15, 0.2) is 41.0 Å². The Kier molecular flexibility index (Phi) is 2.72. The minimum Gasteiger partial charge on any atom is -0.348 e. The minimum atomic E-state index is -0.160. The molecule has 4 nitrogen and oxygen atoms in total. The van der Waals surface area contributed by atoms with Crippen molar-refractivity contribution in [3.05, 3.63) is 41.6 Å². The molecule has 1 aromatic carbocycles. The van der Waals surface area contributed by atoms with Crippen molar-refractivity contribution in [2.75, 3.05) is 14.1 Å². The van der Waals surface area contributed by atoms with E-state index in [-0.39, 0.29) is 5.91 Å². The lowest BCUT2D eigenvalue weighted by atomic mass is 10.2. The molecule has 1 aliphatic heterocycles. The number of amides is 1. The first-order valence-electron chi connectivity index (χ1n) is 5.01. The summed E-state index contributed by atoms with van der Waals surface area (Å²) in [6.45, 7) is 0. The number of nitrogens with zero attached hydrogens (tertiary/aromatic N) is 2. The molecule has 0 saturated carbocycles. The number of guanidine groups is 1. The predicted molar refractivity (Wildman–Crippen MR) is 63.7 cm³/mol. The molecule has 0 saturated heterocycles. The van der Waals surface area contributed by atoms with Crippen molar-refractivity contribution in [3.63, 3.8) is 0 Å². The van der Waals surface area contributed by atoms with Gasteiger partial charge < -0.3 is 4.90 Å². The van der Waals surface area contributed by atoms with Crippen molar-refractivity contribution >= 4 is 17.9 Å². The average Bonchev–Trinajstić information content (AvgIpc) is 2.62. The summed E-state index contributed by atoms with van der Waals surface area (Å²) in [5, 5.41) is 2.69. The predicted octanol–water partition coefficient (Wildman–Crippen LogP) is 1.07. The van der Waals surface area contributed by atoms with Gasteiger partial charge in [-0.25, -0.2) is 4.99 Å². The van der Waals surface area contributed by atoms with Gasteiger partial charge in [-0.1, -0.05) is 30.3 Å². The van der Waals surface area contributed by atoms with E-state index in [1.54, 1.807) is 11.0 Å². The highest BCUT2D eigenvalue weighted by Crippen LogP contribution is 2.11. The van der Waals surface area contributed by atoms with E-state index in [0.717, 1.165) is 5.56 Å². The highest BCUT2D eigenvalue weighted by molar-refractivity contribution is 6.13. The first-order valence-corrected chi connectivity index (χ1v) is 5.01. The van der Waals surface area contributed by atoms with Gasteiger partial charge in [0.15, 0.2) is 0 Å². The van der Waals surface area contributed by atoms with E-state index < -0.39 is 0 Å². The normalized spacial score (nSPS) is 17.2. The van der Waals surface area contributed by atoms with Gasteiger partial charge in [-0.2, -0.15) is 0 Å². The molecule has 1 amide bonds. The van der Waals surface area contributed by atoms with Crippen molar-refractivity contribution in [2.24, 2.45) is 4.99 Å². The average molecular weight is 215 g/mol. The van der Waals surface area contributed by atoms with Crippen LogP contribution in [0.3, 0.4) is 0 Å². The quantitative estimate of drug-likeness (QED) is 0.712. The zero-order valence-corrected chi connectivity index (χ0v) is 9.27. The number of nitrogens with one attached hydrogen (secondary N) is 1. The highest BCUT2D eigenvalue weighted by Gasteiger charge is 2.20. The Morgan fingerprint density at radius 3 is 2.50 bits per heavy atom. The Hall–Kier alpha value is -2.10. The van der Waals surface area contributed by atoms with E-state index in [4.69, 9.17) is 0 Å². The molecule has 0 bridgehead atoms. The molecule has 0 atom stereocenters. The van der Waals surface area contributed by atoms with E-state index in [9.17, 15) is 4.79 Å². The summed E-state index contributed by atoms with van der Waals surface area (Å²) in [4.78, 5) is 17.5. The SMILES string of the molecule is CN(C)C1=N/C(=C\c2ccccc2)C(=O)N1. The molecule has 0 spiro atoms. The molecule has 82 valence electrons. The minimum absolute atomic E-state index is 0.160. The van der Waals surface area contributed by atoms with Crippen molar-refractivity contribution in [1.29, 1.82) is 0 Å². The van der Waals surface area contributed by atoms with Gasteiger partial charge in [0.2, 0.25) is 5.96 Å². The van der Waals surface area contributed by atoms with Gasteiger partial charge in [0.05, 0.1) is 0 Å². The third-order valence-corrected chi connectivity index (χ3v) is 2.21. The van der Waals surface area contributed by atoms with Crippen LogP contribution in [0.1, 0.15) is 5.56 Å². The smallest absolute Gasteiger partial charge is 0.276 e. The second-order valence-corrected chi connectivity index (χ2v) is 3.72. The largest absolute Gasteiger partial charge is 0.348 e. The van der Waals surface area contributed by atoms with Gasteiger partial charge in [-0.05, 0) is 11.6 Å². The summed E-state index contributed by atoms with van der Waals surface area (Å²) in [7, 11) is 3.68. The number of carbonyl (C=O) groups is 1. The molecule has 16 heavy (non-hydrogen) atoms. The Balaban J connectivity index is 2.29. The van der Waals surface area contributed by atoms with E-state index in [1.807, 2.05) is 44.4 Å². The fourth-order valence-corrected chi connectivity index (χ4v) is 1.38. The fourth-order valence-electron chi connectivity index (χ4n) is 1.38. The third kappa shape index (κ3) is 2.11. The summed E-state index contributed by atoms with van der Waals surface area (Å²) >= 11 is 0. The Morgan fingerprint density at radius 2 is 1.94 bits per heavy atom. The zero-order chi connectivity index (χ0) is 11.5. The zero-order valence-electron chi connectivity index (χ0n) is 9.27. The van der Waals surface area contributed by atoms with Crippen LogP contribution >= 0.6 is 0 Å². The maximum atomic E-state index is 11.6. The number of hydrogen-bond acceptors (Lipinski definition) is 3. The number of carbonyl (C=O) groups excluding carboxylic acids is 1. The van der Waals surface area contributed by atoms with Crippen LogP contribution < -0.4 is 5.32 Å². The summed E-state index contributed by atoms with van der Waals surface area (Å²) in [5.41, 5.74) is 1.41. The second-order valence-electron chi connectivity index (χ2n) is 3.72. The molecule has 1 aromatic rings. The highest BCUT2D eigenvalue weighted by atomic mass is 16.2. The van der Waals surface area contributed by atoms with Gasteiger partial charge >= 0.3 is 0 Å². The lowest BCUT2D eigenvalue weighted by molar-refractivity contribution is -0.115. The van der Waals surface area contributed by atoms with Crippen LogP contribution in [-0.2, 0) is 4.79 Å². The van der Waals surface area contributed by atoms with Crippen LogP contribution in [-0.4, -0.2) is 30.9 Å². The first-order chi connectivity index (χ1) is 7.66. The molecule has 0 fully saturated rings. The standard InChI is InChI=1S/C12H13N3O/c1-15(2)12-13-10(11(16)14-12)8-9-6-4-3-5-7-9/h3-8H,1-2H3,(H,13,14,16)/b10-8-. The summed E-state index contributed by atoms with van der Waals surface area (Å²) in [5.74, 6) is 0.416. The lowest BCUT2D eigenvalue weighted by Gasteiger charge is -2.09. The Labute approximate surface area is 94.3 Å². The number of rotatable bonds is 1. The summed E-state index contributed by atoms with van der Waals surface area (Å²) < 4.78 is 0. The molecule has 0 radical (unpaired) electrons. The Bertz CT molecular complexity index is 460. The van der Waals surface area contributed by atoms with Gasteiger partial charge in [0.25, 0.3) is 5.91 Å². The van der Waals surface area contributed by atoms with Crippen LogP contribution in [0.4, 0.5) is 0 Å². The topological polar surface area (TPSA) is 44.7 Å². The first kappa shape index (κ1) is 10.4. The van der Waals surface area contributed by atoms with Crippen molar-refractivity contribution in [2.45, 2.75) is 0 Å². The Morgan fingerprint density at radius 1 is 1.25 bits per heavy atom. The molecule has 4 heteroatoms. The molecule has 1 N–H and O–H groups in total. The van der Waals surface area contributed by atoms with Crippen LogP contribution in [0, 0.1) is 0 Å². The van der Waals surface area contributed by atoms with Crippen LogP contribution in [0.25, 0.3) is 6.08 Å². The maximum Gasteiger partial charge on any atom is 0.276 e. The van der Waals surface area contributed by atoms with E-state index in [0.29, 0.717) is 11.7 Å². The van der Waals surface area contributed by atoms with Crippen molar-refractivity contribution in [1.82, 2.24) is 10.2 Å². The van der Waals surface area contributed by atoms with Gasteiger partial charge in [-0.3, -0.25) is 10.1 Å². The van der Waals surface area contributed by atoms with Gasteiger partial charge in [0, 0.05) is 14.1 Å². The number of aliphatic imine (C=N–C) groups is 1. The number of hydrogen-bond donors (Lipinski definition) is 1. The summed E-state index contributed by atoms with van der Waals surface area (Å²) in [6.07, 6.45) is 1.77. The maximum absolute atomic E-state index is 11.6. The molecule has 1 heterocycles. The summed E-state index contributed by atoms with van der Waals surface area (Å²) in [6, 6.07) is 9.66. The van der Waals surface area contributed by atoms with Crippen LogP contribution in [0.2, 0.25) is 0 Å². The van der Waals surface area contributed by atoms with E-state index in [1.165, 1.54) is 0 Å². The number of benzene rings is 1. The van der Waals surface area contributed by atoms with Crippen LogP contribution in [0.5, 0.6) is 0 Å². The van der Waals surface area contributed by atoms with Gasteiger partial charge in [-0.15, -0.1) is 0 Å².